The summed E-state index contributed by atoms with van der Waals surface area (Å²) in [4.78, 5) is 38.2. The van der Waals surface area contributed by atoms with Crippen molar-refractivity contribution in [2.75, 3.05) is 38.6 Å². The minimum atomic E-state index is -3.75. The van der Waals surface area contributed by atoms with Gasteiger partial charge in [0.15, 0.2) is 6.61 Å². The van der Waals surface area contributed by atoms with Crippen molar-refractivity contribution in [3.63, 3.8) is 0 Å². The van der Waals surface area contributed by atoms with E-state index in [2.05, 4.69) is 5.32 Å². The summed E-state index contributed by atoms with van der Waals surface area (Å²) in [6, 6.07) is 11.4. The molecule has 2 aromatic carbocycles. The second-order valence-electron chi connectivity index (χ2n) is 7.81. The van der Waals surface area contributed by atoms with Crippen molar-refractivity contribution in [1.29, 1.82) is 0 Å². The van der Waals surface area contributed by atoms with E-state index in [1.165, 1.54) is 29.6 Å². The summed E-state index contributed by atoms with van der Waals surface area (Å²) in [7, 11) is -2.33. The fourth-order valence-corrected chi connectivity index (χ4v) is 4.64. The minimum Gasteiger partial charge on any atom is -0.452 e. The topological polar surface area (TPSA) is 113 Å². The number of carbonyl (C=O) groups excluding carboxylic acids is 3. The van der Waals surface area contributed by atoms with E-state index in [1.807, 2.05) is 19.1 Å². The van der Waals surface area contributed by atoms with Crippen molar-refractivity contribution in [3.8, 4) is 0 Å². The van der Waals surface area contributed by atoms with Crippen LogP contribution < -0.4 is 5.32 Å². The Morgan fingerprint density at radius 2 is 1.59 bits per heavy atom. The number of benzene rings is 2. The first-order chi connectivity index (χ1) is 16.0. The number of likely N-dealkylation sites (N-methyl/N-ethyl adjacent to an activating group) is 1. The van der Waals surface area contributed by atoms with Gasteiger partial charge in [-0.1, -0.05) is 37.6 Å². The summed E-state index contributed by atoms with van der Waals surface area (Å²) in [5, 5.41) is 2.69. The Kier molecular flexibility index (Phi) is 9.34. The highest BCUT2D eigenvalue weighted by Crippen LogP contribution is 2.20. The van der Waals surface area contributed by atoms with E-state index >= 15 is 0 Å². The fourth-order valence-electron chi connectivity index (χ4n) is 3.15. The molecule has 0 bridgehead atoms. The van der Waals surface area contributed by atoms with Crippen molar-refractivity contribution < 1.29 is 27.5 Å². The Morgan fingerprint density at radius 3 is 2.18 bits per heavy atom. The van der Waals surface area contributed by atoms with Crippen LogP contribution in [0.3, 0.4) is 0 Å². The summed E-state index contributed by atoms with van der Waals surface area (Å²) < 4.78 is 31.9. The Balaban J connectivity index is 1.99. The third-order valence-corrected chi connectivity index (χ3v) is 7.29. The smallest absolute Gasteiger partial charge is 0.338 e. The van der Waals surface area contributed by atoms with Gasteiger partial charge in [-0.3, -0.25) is 9.59 Å². The number of amides is 2. The molecule has 0 aliphatic carbocycles. The molecule has 10 heteroatoms. The minimum absolute atomic E-state index is 0.0232. The van der Waals surface area contributed by atoms with Gasteiger partial charge in [0, 0.05) is 25.8 Å². The maximum absolute atomic E-state index is 12.8. The molecule has 1 N–H and O–H groups in total. The van der Waals surface area contributed by atoms with Crippen LogP contribution in [-0.2, 0) is 24.3 Å². The highest BCUT2D eigenvalue weighted by molar-refractivity contribution is 7.89. The number of anilines is 1. The lowest BCUT2D eigenvalue weighted by atomic mass is 10.1. The Labute approximate surface area is 200 Å². The van der Waals surface area contributed by atoms with Gasteiger partial charge >= 0.3 is 5.97 Å². The molecule has 0 saturated heterocycles. The highest BCUT2D eigenvalue weighted by atomic mass is 32.2. The summed E-state index contributed by atoms with van der Waals surface area (Å²) in [5.74, 6) is -1.78. The zero-order valence-electron chi connectivity index (χ0n) is 20.1. The van der Waals surface area contributed by atoms with Gasteiger partial charge in [-0.25, -0.2) is 13.2 Å². The van der Waals surface area contributed by atoms with E-state index in [9.17, 15) is 22.8 Å². The van der Waals surface area contributed by atoms with Crippen molar-refractivity contribution >= 4 is 33.5 Å². The first kappa shape index (κ1) is 27.0. The zero-order valence-corrected chi connectivity index (χ0v) is 20.9. The lowest BCUT2D eigenvalue weighted by Crippen LogP contribution is -2.37. The average Bonchev–Trinajstić information content (AvgIpc) is 2.79. The van der Waals surface area contributed by atoms with Gasteiger partial charge in [0.1, 0.15) is 0 Å². The summed E-state index contributed by atoms with van der Waals surface area (Å²) in [5.41, 5.74) is 2.24. The van der Waals surface area contributed by atoms with Gasteiger partial charge in [-0.2, -0.15) is 4.31 Å². The molecule has 0 aromatic heterocycles. The molecule has 0 fully saturated rings. The van der Waals surface area contributed by atoms with Crippen LogP contribution >= 0.6 is 0 Å². The highest BCUT2D eigenvalue weighted by Gasteiger charge is 2.24. The second-order valence-corrected chi connectivity index (χ2v) is 9.74. The van der Waals surface area contributed by atoms with Gasteiger partial charge in [0.05, 0.1) is 17.0 Å². The number of sulfonamides is 1. The van der Waals surface area contributed by atoms with Crippen LogP contribution in [0.5, 0.6) is 0 Å². The molecule has 2 amide bonds. The van der Waals surface area contributed by atoms with E-state index < -0.39 is 34.4 Å². The van der Waals surface area contributed by atoms with Gasteiger partial charge in [-0.15, -0.1) is 0 Å². The molecule has 0 aliphatic heterocycles. The number of ether oxygens (including phenoxy) is 1. The third-order valence-electron chi connectivity index (χ3n) is 5.24. The zero-order chi connectivity index (χ0) is 25.5. The van der Waals surface area contributed by atoms with Crippen molar-refractivity contribution in [3.05, 3.63) is 59.2 Å². The summed E-state index contributed by atoms with van der Waals surface area (Å²) in [6.45, 7) is 6.83. The van der Waals surface area contributed by atoms with E-state index in [0.29, 0.717) is 24.3 Å². The summed E-state index contributed by atoms with van der Waals surface area (Å²) >= 11 is 0. The van der Waals surface area contributed by atoms with Crippen LogP contribution in [0.15, 0.2) is 47.4 Å². The molecule has 9 nitrogen and oxygen atoms in total. The number of hydrogen-bond donors (Lipinski definition) is 1. The number of nitrogens with one attached hydrogen (secondary N) is 1. The molecule has 34 heavy (non-hydrogen) atoms. The van der Waals surface area contributed by atoms with E-state index in [-0.39, 0.29) is 17.0 Å². The molecular weight excluding hydrogens is 458 g/mol. The van der Waals surface area contributed by atoms with Crippen LogP contribution in [0.2, 0.25) is 0 Å². The van der Waals surface area contributed by atoms with Crippen LogP contribution in [-0.4, -0.2) is 68.7 Å². The Hall–Kier alpha value is -3.24. The molecule has 0 unspecified atom stereocenters. The fraction of sp³-hybridized carbons (Fsp3) is 0.375. The number of hydrogen-bond acceptors (Lipinski definition) is 6. The number of nitrogens with zero attached hydrogens (tertiary/aromatic N) is 2. The second kappa shape index (κ2) is 11.8. The lowest BCUT2D eigenvalue weighted by Gasteiger charge is -2.19. The van der Waals surface area contributed by atoms with Crippen LogP contribution in [0, 0.1) is 13.8 Å². The number of carbonyl (C=O) groups is 3. The molecule has 0 radical (unpaired) electrons. The van der Waals surface area contributed by atoms with Crippen molar-refractivity contribution in [1.82, 2.24) is 9.21 Å². The molecular formula is C24H31N3O6S. The standard InChI is InChI=1S/C24H31N3O6S/c1-6-27(7-2)34(31,32)20-13-10-18(4)21(14-20)24(30)33-16-23(29)26(5)15-22(28)25-19-11-8-17(3)9-12-19/h8-14H,6-7,15-16H2,1-5H3,(H,25,28). The quantitative estimate of drug-likeness (QED) is 0.513. The molecule has 0 spiro atoms. The van der Waals surface area contributed by atoms with Gasteiger partial charge in [0.2, 0.25) is 15.9 Å². The molecule has 184 valence electrons. The van der Waals surface area contributed by atoms with Gasteiger partial charge in [0.25, 0.3) is 5.91 Å². The maximum Gasteiger partial charge on any atom is 0.338 e. The van der Waals surface area contributed by atoms with Gasteiger partial charge < -0.3 is 15.0 Å². The first-order valence-electron chi connectivity index (χ1n) is 10.9. The number of aryl methyl sites for hydroxylation is 2. The predicted octanol–water partition coefficient (Wildman–Crippen LogP) is 2.59. The monoisotopic (exact) mass is 489 g/mol. The molecule has 2 aromatic rings. The SMILES string of the molecule is CCN(CC)S(=O)(=O)c1ccc(C)c(C(=O)OCC(=O)N(C)CC(=O)Nc2ccc(C)cc2)c1. The Morgan fingerprint density at radius 1 is 0.971 bits per heavy atom. The molecule has 0 aliphatic rings. The predicted molar refractivity (Wildman–Crippen MR) is 129 cm³/mol. The van der Waals surface area contributed by atoms with Crippen molar-refractivity contribution in [2.45, 2.75) is 32.6 Å². The van der Waals surface area contributed by atoms with Crippen LogP contribution in [0.4, 0.5) is 5.69 Å². The lowest BCUT2D eigenvalue weighted by molar-refractivity contribution is -0.136. The molecule has 2 rings (SSSR count). The van der Waals surface area contributed by atoms with Gasteiger partial charge in [-0.05, 0) is 43.7 Å². The van der Waals surface area contributed by atoms with Crippen LogP contribution in [0.1, 0.15) is 35.3 Å². The molecule has 0 atom stereocenters. The number of rotatable bonds is 10. The largest absolute Gasteiger partial charge is 0.452 e. The van der Waals surface area contributed by atoms with E-state index in [0.717, 1.165) is 10.5 Å². The maximum atomic E-state index is 12.8. The number of esters is 1. The Bertz CT molecular complexity index is 1140. The van der Waals surface area contributed by atoms with E-state index in [4.69, 9.17) is 4.74 Å². The van der Waals surface area contributed by atoms with Crippen molar-refractivity contribution in [2.24, 2.45) is 0 Å². The summed E-state index contributed by atoms with van der Waals surface area (Å²) in [6.07, 6.45) is 0. The van der Waals surface area contributed by atoms with Crippen LogP contribution in [0.25, 0.3) is 0 Å². The molecule has 0 heterocycles. The normalized spacial score (nSPS) is 11.2. The first-order valence-corrected chi connectivity index (χ1v) is 12.3. The molecule has 0 saturated carbocycles. The average molecular weight is 490 g/mol. The third kappa shape index (κ3) is 6.88. The van der Waals surface area contributed by atoms with E-state index in [1.54, 1.807) is 32.9 Å².